The van der Waals surface area contributed by atoms with Gasteiger partial charge in [-0.1, -0.05) is 11.6 Å². The van der Waals surface area contributed by atoms with Crippen LogP contribution >= 0.6 is 11.6 Å². The van der Waals surface area contributed by atoms with Gasteiger partial charge < -0.3 is 5.32 Å². The first kappa shape index (κ1) is 9.71. The molecule has 4 heteroatoms. The Bertz CT molecular complexity index is 350. The number of anilines is 1. The van der Waals surface area contributed by atoms with E-state index < -0.39 is 5.67 Å². The van der Waals surface area contributed by atoms with Crippen LogP contribution in [0.3, 0.4) is 0 Å². The van der Waals surface area contributed by atoms with Crippen molar-refractivity contribution in [2.24, 2.45) is 0 Å². The molecule has 1 saturated carbocycles. The third-order valence-electron chi connectivity index (χ3n) is 2.45. The molecule has 2 nitrogen and oxygen atoms in total. The highest BCUT2D eigenvalue weighted by Crippen LogP contribution is 2.40. The number of alkyl halides is 1. The van der Waals surface area contributed by atoms with E-state index in [4.69, 9.17) is 11.6 Å². The van der Waals surface area contributed by atoms with Crippen LogP contribution in [-0.4, -0.2) is 17.2 Å². The van der Waals surface area contributed by atoms with E-state index in [-0.39, 0.29) is 0 Å². The van der Waals surface area contributed by atoms with Crippen molar-refractivity contribution < 1.29 is 4.39 Å². The number of hydrogen-bond donors (Lipinski definition) is 1. The van der Waals surface area contributed by atoms with Crippen LogP contribution in [0.15, 0.2) is 12.3 Å². The van der Waals surface area contributed by atoms with E-state index >= 15 is 0 Å². The van der Waals surface area contributed by atoms with E-state index in [1.54, 1.807) is 12.3 Å². The van der Waals surface area contributed by atoms with Crippen LogP contribution in [0.2, 0.25) is 5.02 Å². The van der Waals surface area contributed by atoms with Crippen molar-refractivity contribution >= 4 is 17.3 Å². The highest BCUT2D eigenvalue weighted by Gasteiger charge is 2.42. The number of halogens is 2. The van der Waals surface area contributed by atoms with E-state index in [1.807, 2.05) is 6.92 Å². The Morgan fingerprint density at radius 2 is 2.36 bits per heavy atom. The second-order valence-electron chi connectivity index (χ2n) is 3.76. The van der Waals surface area contributed by atoms with Crippen molar-refractivity contribution in [2.45, 2.75) is 25.4 Å². The van der Waals surface area contributed by atoms with Gasteiger partial charge in [-0.05, 0) is 25.8 Å². The number of aryl methyl sites for hydroxylation is 1. The van der Waals surface area contributed by atoms with Crippen LogP contribution in [0.1, 0.15) is 18.5 Å². The molecule has 1 fully saturated rings. The predicted octanol–water partition coefficient (Wildman–Crippen LogP) is 2.96. The van der Waals surface area contributed by atoms with Gasteiger partial charge in [-0.3, -0.25) is 4.98 Å². The molecule has 0 unspecified atom stereocenters. The summed E-state index contributed by atoms with van der Waals surface area (Å²) in [5.41, 5.74) is 0.531. The van der Waals surface area contributed by atoms with Crippen molar-refractivity contribution in [1.29, 1.82) is 0 Å². The fourth-order valence-corrected chi connectivity index (χ4v) is 1.43. The summed E-state index contributed by atoms with van der Waals surface area (Å²) in [6, 6.07) is 1.76. The van der Waals surface area contributed by atoms with Crippen LogP contribution in [-0.2, 0) is 0 Å². The number of nitrogens with zero attached hydrogens (tertiary/aromatic N) is 1. The molecule has 2 rings (SSSR count). The fraction of sp³-hybridized carbons (Fsp3) is 0.500. The molecule has 1 aromatic rings. The summed E-state index contributed by atoms with van der Waals surface area (Å²) >= 11 is 6.00. The normalized spacial score (nSPS) is 17.9. The average Bonchev–Trinajstić information content (AvgIpc) is 2.88. The third kappa shape index (κ3) is 1.98. The van der Waals surface area contributed by atoms with Gasteiger partial charge in [-0.15, -0.1) is 0 Å². The van der Waals surface area contributed by atoms with Crippen molar-refractivity contribution in [1.82, 2.24) is 4.98 Å². The average molecular weight is 215 g/mol. The Morgan fingerprint density at radius 3 is 3.00 bits per heavy atom. The minimum Gasteiger partial charge on any atom is -0.381 e. The molecule has 14 heavy (non-hydrogen) atoms. The van der Waals surface area contributed by atoms with Crippen molar-refractivity contribution in [3.05, 3.63) is 23.0 Å². The summed E-state index contributed by atoms with van der Waals surface area (Å²) in [5, 5.41) is 3.59. The number of nitrogens with one attached hydrogen (secondary N) is 1. The summed E-state index contributed by atoms with van der Waals surface area (Å²) in [4.78, 5) is 4.03. The lowest BCUT2D eigenvalue weighted by atomic mass is 10.3. The number of rotatable bonds is 3. The van der Waals surface area contributed by atoms with Gasteiger partial charge in [0.15, 0.2) is 0 Å². The molecule has 0 aromatic carbocycles. The first-order valence-corrected chi connectivity index (χ1v) is 5.02. The SMILES string of the molecule is Cc1nccc(NCC2(F)CC2)c1Cl. The smallest absolute Gasteiger partial charge is 0.128 e. The molecule has 0 bridgehead atoms. The zero-order valence-corrected chi connectivity index (χ0v) is 8.74. The molecule has 0 amide bonds. The van der Waals surface area contributed by atoms with Crippen molar-refractivity contribution in [2.75, 3.05) is 11.9 Å². The first-order chi connectivity index (χ1) is 6.61. The largest absolute Gasteiger partial charge is 0.381 e. The molecule has 0 aliphatic heterocycles. The topological polar surface area (TPSA) is 24.9 Å². The van der Waals surface area contributed by atoms with Gasteiger partial charge in [0.2, 0.25) is 0 Å². The summed E-state index contributed by atoms with van der Waals surface area (Å²) < 4.78 is 13.3. The van der Waals surface area contributed by atoms with Crippen LogP contribution in [0.5, 0.6) is 0 Å². The quantitative estimate of drug-likeness (QED) is 0.837. The van der Waals surface area contributed by atoms with Crippen LogP contribution in [0.4, 0.5) is 10.1 Å². The van der Waals surface area contributed by atoms with Gasteiger partial charge in [0.25, 0.3) is 0 Å². The monoisotopic (exact) mass is 214 g/mol. The lowest BCUT2D eigenvalue weighted by Crippen LogP contribution is -2.16. The van der Waals surface area contributed by atoms with E-state index in [2.05, 4.69) is 10.3 Å². The molecule has 0 atom stereocenters. The lowest BCUT2D eigenvalue weighted by Gasteiger charge is -2.11. The van der Waals surface area contributed by atoms with Crippen LogP contribution in [0.25, 0.3) is 0 Å². The van der Waals surface area contributed by atoms with E-state index in [0.29, 0.717) is 24.4 Å². The van der Waals surface area contributed by atoms with Crippen molar-refractivity contribution in [3.8, 4) is 0 Å². The molecule has 1 aromatic heterocycles. The zero-order chi connectivity index (χ0) is 10.2. The standard InChI is InChI=1S/C10H12ClFN2/c1-7-9(11)8(2-5-13-7)14-6-10(12)3-4-10/h2,5H,3-4,6H2,1H3,(H,13,14). The molecule has 1 aliphatic carbocycles. The van der Waals surface area contributed by atoms with E-state index in [1.165, 1.54) is 0 Å². The van der Waals surface area contributed by atoms with Crippen molar-refractivity contribution in [3.63, 3.8) is 0 Å². The minimum absolute atomic E-state index is 0.343. The van der Waals surface area contributed by atoms with Gasteiger partial charge in [-0.2, -0.15) is 0 Å². The molecule has 0 saturated heterocycles. The second-order valence-corrected chi connectivity index (χ2v) is 4.14. The number of aromatic nitrogens is 1. The van der Waals surface area contributed by atoms with Gasteiger partial charge in [0.1, 0.15) is 5.67 Å². The highest BCUT2D eigenvalue weighted by molar-refractivity contribution is 6.33. The zero-order valence-electron chi connectivity index (χ0n) is 7.98. The van der Waals surface area contributed by atoms with Crippen LogP contribution < -0.4 is 5.32 Å². The Labute approximate surface area is 87.5 Å². The summed E-state index contributed by atoms with van der Waals surface area (Å²) in [6.07, 6.45) is 2.98. The molecule has 1 N–H and O–H groups in total. The van der Waals surface area contributed by atoms with Gasteiger partial charge >= 0.3 is 0 Å². The van der Waals surface area contributed by atoms with E-state index in [9.17, 15) is 4.39 Å². The van der Waals surface area contributed by atoms with Gasteiger partial charge in [0.05, 0.1) is 16.4 Å². The highest BCUT2D eigenvalue weighted by atomic mass is 35.5. The maximum absolute atomic E-state index is 13.3. The Morgan fingerprint density at radius 1 is 1.64 bits per heavy atom. The maximum atomic E-state index is 13.3. The van der Waals surface area contributed by atoms with Gasteiger partial charge in [-0.25, -0.2) is 4.39 Å². The number of hydrogen-bond acceptors (Lipinski definition) is 2. The Hall–Kier alpha value is -0.830. The fourth-order valence-electron chi connectivity index (χ4n) is 1.25. The molecule has 0 spiro atoms. The molecular weight excluding hydrogens is 203 g/mol. The third-order valence-corrected chi connectivity index (χ3v) is 2.93. The first-order valence-electron chi connectivity index (χ1n) is 4.65. The second kappa shape index (κ2) is 3.39. The molecule has 0 radical (unpaired) electrons. The predicted molar refractivity (Wildman–Crippen MR) is 55.5 cm³/mol. The number of pyridine rings is 1. The minimum atomic E-state index is -1.000. The Balaban J connectivity index is 2.05. The summed E-state index contributed by atoms with van der Waals surface area (Å²) in [5.74, 6) is 0. The van der Waals surface area contributed by atoms with E-state index in [0.717, 1.165) is 11.4 Å². The molecule has 76 valence electrons. The Kier molecular flexibility index (Phi) is 2.35. The maximum Gasteiger partial charge on any atom is 0.128 e. The summed E-state index contributed by atoms with van der Waals surface area (Å²) in [7, 11) is 0. The molecular formula is C10H12ClFN2. The molecule has 1 heterocycles. The summed E-state index contributed by atoms with van der Waals surface area (Å²) in [6.45, 7) is 2.17. The van der Waals surface area contributed by atoms with Crippen LogP contribution in [0, 0.1) is 6.92 Å². The van der Waals surface area contributed by atoms with Gasteiger partial charge in [0, 0.05) is 12.7 Å². The lowest BCUT2D eigenvalue weighted by molar-refractivity contribution is 0.326. The molecule has 1 aliphatic rings.